The Morgan fingerprint density at radius 1 is 1.52 bits per heavy atom. The summed E-state index contributed by atoms with van der Waals surface area (Å²) in [7, 11) is 2.05. The lowest BCUT2D eigenvalue weighted by Gasteiger charge is -2.31. The van der Waals surface area contributed by atoms with Crippen LogP contribution in [0.5, 0.6) is 0 Å². The summed E-state index contributed by atoms with van der Waals surface area (Å²) in [4.78, 5) is 26.3. The molecular formula is C16H24N4O3. The van der Waals surface area contributed by atoms with Crippen LogP contribution in [-0.2, 0) is 16.1 Å². The lowest BCUT2D eigenvalue weighted by Crippen LogP contribution is -2.48. The number of rotatable bonds is 5. The van der Waals surface area contributed by atoms with Gasteiger partial charge in [0.05, 0.1) is 12.8 Å². The molecule has 0 radical (unpaired) electrons. The minimum absolute atomic E-state index is 0.00599. The van der Waals surface area contributed by atoms with Crippen LogP contribution in [0.25, 0.3) is 0 Å². The first-order valence-corrected chi connectivity index (χ1v) is 8.17. The van der Waals surface area contributed by atoms with Crippen molar-refractivity contribution in [1.82, 2.24) is 20.9 Å². The summed E-state index contributed by atoms with van der Waals surface area (Å²) in [5.41, 5.74) is 0. The molecule has 2 saturated heterocycles. The van der Waals surface area contributed by atoms with Gasteiger partial charge in [-0.1, -0.05) is 0 Å². The predicted octanol–water partition coefficient (Wildman–Crippen LogP) is -0.163. The molecule has 0 aliphatic carbocycles. The molecule has 3 N–H and O–H groups in total. The van der Waals surface area contributed by atoms with E-state index in [9.17, 15) is 9.59 Å². The van der Waals surface area contributed by atoms with Gasteiger partial charge in [0.25, 0.3) is 0 Å². The Hall–Kier alpha value is -1.86. The van der Waals surface area contributed by atoms with Gasteiger partial charge in [-0.25, -0.2) is 0 Å². The van der Waals surface area contributed by atoms with Gasteiger partial charge in [0, 0.05) is 25.0 Å². The zero-order valence-corrected chi connectivity index (χ0v) is 13.4. The lowest BCUT2D eigenvalue weighted by atomic mass is 10.0. The minimum Gasteiger partial charge on any atom is -0.467 e. The summed E-state index contributed by atoms with van der Waals surface area (Å²) in [5, 5.41) is 9.10. The van der Waals surface area contributed by atoms with E-state index in [0.717, 1.165) is 25.1 Å². The van der Waals surface area contributed by atoms with E-state index in [1.54, 1.807) is 12.3 Å². The Kier molecular flexibility index (Phi) is 4.97. The summed E-state index contributed by atoms with van der Waals surface area (Å²) in [6.45, 7) is 1.87. The number of amides is 2. The quantitative estimate of drug-likeness (QED) is 0.702. The fourth-order valence-corrected chi connectivity index (χ4v) is 3.43. The number of nitrogens with zero attached hydrogens (tertiary/aromatic N) is 1. The standard InChI is InChI=1S/C16H24N4O3/c1-20-11(9-19-16(22)15-13(20)6-7-17-15)4-5-14(21)18-10-12-3-2-8-23-12/h2-3,8,11,13,15,17H,4-7,9-10H2,1H3,(H,18,21)(H,19,22)/t11-,13-,15-/m0/s1. The molecule has 3 atom stereocenters. The SMILES string of the molecule is CN1[C@@H](CCC(=O)NCc2ccco2)CNC(=O)[C@H]2NCC[C@@H]21. The molecule has 2 fully saturated rings. The summed E-state index contributed by atoms with van der Waals surface area (Å²) in [6.07, 6.45) is 3.73. The van der Waals surface area contributed by atoms with Gasteiger partial charge in [-0.05, 0) is 38.6 Å². The third kappa shape index (κ3) is 3.73. The molecule has 0 saturated carbocycles. The third-order valence-corrected chi connectivity index (χ3v) is 4.83. The van der Waals surface area contributed by atoms with E-state index in [1.165, 1.54) is 0 Å². The number of fused-ring (bicyclic) bond motifs is 1. The van der Waals surface area contributed by atoms with Gasteiger partial charge in [0.2, 0.25) is 11.8 Å². The van der Waals surface area contributed by atoms with Crippen molar-refractivity contribution in [3.63, 3.8) is 0 Å². The van der Waals surface area contributed by atoms with E-state index in [2.05, 4.69) is 27.9 Å². The number of carbonyl (C=O) groups is 2. The van der Waals surface area contributed by atoms with Crippen LogP contribution in [-0.4, -0.2) is 55.0 Å². The minimum atomic E-state index is -0.127. The van der Waals surface area contributed by atoms with Crippen LogP contribution in [0.3, 0.4) is 0 Å². The molecule has 0 bridgehead atoms. The molecule has 3 rings (SSSR count). The zero-order valence-electron chi connectivity index (χ0n) is 13.4. The molecule has 3 heterocycles. The highest BCUT2D eigenvalue weighted by molar-refractivity contribution is 5.83. The molecule has 7 nitrogen and oxygen atoms in total. The smallest absolute Gasteiger partial charge is 0.238 e. The molecule has 0 aromatic carbocycles. The second-order valence-corrected chi connectivity index (χ2v) is 6.25. The topological polar surface area (TPSA) is 86.6 Å². The molecule has 1 aromatic heterocycles. The van der Waals surface area contributed by atoms with Crippen LogP contribution in [0, 0.1) is 0 Å². The highest BCUT2D eigenvalue weighted by atomic mass is 16.3. The molecule has 126 valence electrons. The van der Waals surface area contributed by atoms with Gasteiger partial charge in [0.1, 0.15) is 11.8 Å². The van der Waals surface area contributed by atoms with Gasteiger partial charge < -0.3 is 20.4 Å². The van der Waals surface area contributed by atoms with E-state index in [4.69, 9.17) is 4.42 Å². The molecular weight excluding hydrogens is 296 g/mol. The first-order chi connectivity index (χ1) is 11.1. The van der Waals surface area contributed by atoms with Crippen molar-refractivity contribution in [2.24, 2.45) is 0 Å². The number of hydrogen-bond donors (Lipinski definition) is 3. The van der Waals surface area contributed by atoms with Crippen molar-refractivity contribution in [2.45, 2.75) is 43.9 Å². The van der Waals surface area contributed by atoms with E-state index < -0.39 is 0 Å². The number of likely N-dealkylation sites (N-methyl/N-ethyl adjacent to an activating group) is 1. The van der Waals surface area contributed by atoms with Crippen LogP contribution in [0.1, 0.15) is 25.0 Å². The summed E-state index contributed by atoms with van der Waals surface area (Å²) >= 11 is 0. The Balaban J connectivity index is 1.48. The van der Waals surface area contributed by atoms with Crippen LogP contribution in [0.4, 0.5) is 0 Å². The number of hydrogen-bond acceptors (Lipinski definition) is 5. The first-order valence-electron chi connectivity index (χ1n) is 8.17. The number of furan rings is 1. The van der Waals surface area contributed by atoms with Gasteiger partial charge in [-0.3, -0.25) is 14.5 Å². The summed E-state index contributed by atoms with van der Waals surface area (Å²) < 4.78 is 5.19. The Morgan fingerprint density at radius 2 is 2.39 bits per heavy atom. The van der Waals surface area contributed by atoms with Crippen LogP contribution >= 0.6 is 0 Å². The highest BCUT2D eigenvalue weighted by Gasteiger charge is 2.40. The van der Waals surface area contributed by atoms with Gasteiger partial charge in [0.15, 0.2) is 0 Å². The highest BCUT2D eigenvalue weighted by Crippen LogP contribution is 2.21. The molecule has 2 aliphatic rings. The van der Waals surface area contributed by atoms with E-state index in [0.29, 0.717) is 19.5 Å². The second-order valence-electron chi connectivity index (χ2n) is 6.25. The Morgan fingerprint density at radius 3 is 3.17 bits per heavy atom. The molecule has 2 aliphatic heterocycles. The maximum atomic E-state index is 12.1. The fourth-order valence-electron chi connectivity index (χ4n) is 3.43. The van der Waals surface area contributed by atoms with Gasteiger partial charge in [-0.15, -0.1) is 0 Å². The predicted molar refractivity (Wildman–Crippen MR) is 84.5 cm³/mol. The Labute approximate surface area is 135 Å². The maximum Gasteiger partial charge on any atom is 0.238 e. The number of nitrogens with one attached hydrogen (secondary N) is 3. The largest absolute Gasteiger partial charge is 0.467 e. The number of carbonyl (C=O) groups excluding carboxylic acids is 2. The first kappa shape index (κ1) is 16.0. The average Bonchev–Trinajstić information content (AvgIpc) is 3.21. The maximum absolute atomic E-state index is 12.1. The van der Waals surface area contributed by atoms with Crippen molar-refractivity contribution in [3.05, 3.63) is 24.2 Å². The van der Waals surface area contributed by atoms with Crippen LogP contribution < -0.4 is 16.0 Å². The third-order valence-electron chi connectivity index (χ3n) is 4.83. The monoisotopic (exact) mass is 320 g/mol. The molecule has 7 heteroatoms. The van der Waals surface area contributed by atoms with Gasteiger partial charge in [-0.2, -0.15) is 0 Å². The average molecular weight is 320 g/mol. The van der Waals surface area contributed by atoms with Crippen molar-refractivity contribution < 1.29 is 14.0 Å². The van der Waals surface area contributed by atoms with Crippen molar-refractivity contribution >= 4 is 11.8 Å². The molecule has 0 spiro atoms. The fraction of sp³-hybridized carbons (Fsp3) is 0.625. The molecule has 0 unspecified atom stereocenters. The van der Waals surface area contributed by atoms with Crippen molar-refractivity contribution in [1.29, 1.82) is 0 Å². The Bertz CT molecular complexity index is 546. The van der Waals surface area contributed by atoms with E-state index in [1.807, 2.05) is 6.07 Å². The lowest BCUT2D eigenvalue weighted by molar-refractivity contribution is -0.123. The summed E-state index contributed by atoms with van der Waals surface area (Å²) in [6, 6.07) is 3.91. The van der Waals surface area contributed by atoms with Crippen LogP contribution in [0.15, 0.2) is 22.8 Å². The van der Waals surface area contributed by atoms with Crippen LogP contribution in [0.2, 0.25) is 0 Å². The van der Waals surface area contributed by atoms with E-state index >= 15 is 0 Å². The zero-order chi connectivity index (χ0) is 16.2. The van der Waals surface area contributed by atoms with Gasteiger partial charge >= 0.3 is 0 Å². The summed E-state index contributed by atoms with van der Waals surface area (Å²) in [5.74, 6) is 0.827. The normalized spacial score (nSPS) is 28.0. The second kappa shape index (κ2) is 7.14. The molecule has 2 amide bonds. The van der Waals surface area contributed by atoms with E-state index in [-0.39, 0.29) is 29.9 Å². The van der Waals surface area contributed by atoms with Crippen molar-refractivity contribution in [2.75, 3.05) is 20.1 Å². The van der Waals surface area contributed by atoms with Crippen molar-refractivity contribution in [3.8, 4) is 0 Å². The molecule has 23 heavy (non-hydrogen) atoms. The molecule has 1 aromatic rings.